The van der Waals surface area contributed by atoms with Crippen LogP contribution in [0.4, 0.5) is 0 Å². The molecule has 14 heavy (non-hydrogen) atoms. The Morgan fingerprint density at radius 3 is 2.21 bits per heavy atom. The van der Waals surface area contributed by atoms with E-state index in [0.29, 0.717) is 0 Å². The highest BCUT2D eigenvalue weighted by atomic mass is 35.7. The number of hydrogen-bond donors (Lipinski definition) is 0. The van der Waals surface area contributed by atoms with E-state index in [0.717, 1.165) is 0 Å². The average Bonchev–Trinajstić information content (AvgIpc) is 2.02. The fourth-order valence-corrected chi connectivity index (χ4v) is 2.66. The van der Waals surface area contributed by atoms with Gasteiger partial charge < -0.3 is 4.74 Å². The van der Waals surface area contributed by atoms with Crippen molar-refractivity contribution in [2.45, 2.75) is 4.90 Å². The first-order valence-corrected chi connectivity index (χ1v) is 6.40. The van der Waals surface area contributed by atoms with E-state index in [2.05, 4.69) is 0 Å². The van der Waals surface area contributed by atoms with Crippen LogP contribution in [0.25, 0.3) is 0 Å². The van der Waals surface area contributed by atoms with Gasteiger partial charge in [0.25, 0.3) is 9.05 Å². The van der Waals surface area contributed by atoms with Crippen LogP contribution in [0.2, 0.25) is 10.0 Å². The number of halogens is 3. The summed E-state index contributed by atoms with van der Waals surface area (Å²) >= 11 is 11.3. The minimum atomic E-state index is -3.88. The molecule has 0 saturated carbocycles. The Morgan fingerprint density at radius 1 is 1.21 bits per heavy atom. The minimum Gasteiger partial charge on any atom is -0.495 e. The van der Waals surface area contributed by atoms with Crippen LogP contribution in [0.3, 0.4) is 0 Å². The fourth-order valence-electron chi connectivity index (χ4n) is 0.854. The molecule has 0 unspecified atom stereocenters. The minimum absolute atomic E-state index is 0.0363. The first kappa shape index (κ1) is 11.9. The van der Waals surface area contributed by atoms with Gasteiger partial charge in [0.1, 0.15) is 10.6 Å². The SMILES string of the molecule is COc1cc(S(=O)(=O)Cl)c(Cl)cc1Cl. The molecule has 0 bridgehead atoms. The first-order chi connectivity index (χ1) is 6.36. The molecule has 3 nitrogen and oxygen atoms in total. The maximum Gasteiger partial charge on any atom is 0.262 e. The van der Waals surface area contributed by atoms with Crippen LogP contribution in [0.1, 0.15) is 0 Å². The summed E-state index contributed by atoms with van der Waals surface area (Å²) in [6.45, 7) is 0. The van der Waals surface area contributed by atoms with Crippen LogP contribution in [-0.4, -0.2) is 15.5 Å². The summed E-state index contributed by atoms with van der Waals surface area (Å²) in [5.74, 6) is 0.204. The third-order valence-corrected chi connectivity index (χ3v) is 3.55. The van der Waals surface area contributed by atoms with Gasteiger partial charge in [-0.2, -0.15) is 0 Å². The van der Waals surface area contributed by atoms with Gasteiger partial charge in [0.05, 0.1) is 17.2 Å². The zero-order valence-electron chi connectivity index (χ0n) is 6.92. The highest BCUT2D eigenvalue weighted by molar-refractivity contribution is 8.13. The van der Waals surface area contributed by atoms with Crippen LogP contribution >= 0.6 is 33.9 Å². The van der Waals surface area contributed by atoms with Gasteiger partial charge >= 0.3 is 0 Å². The molecule has 1 aromatic carbocycles. The lowest BCUT2D eigenvalue weighted by molar-refractivity contribution is 0.413. The Labute approximate surface area is 95.9 Å². The van der Waals surface area contributed by atoms with Crippen molar-refractivity contribution < 1.29 is 13.2 Å². The maximum atomic E-state index is 11.0. The van der Waals surface area contributed by atoms with Gasteiger partial charge in [0.2, 0.25) is 0 Å². The Kier molecular flexibility index (Phi) is 3.53. The van der Waals surface area contributed by atoms with E-state index in [9.17, 15) is 8.42 Å². The van der Waals surface area contributed by atoms with Gasteiger partial charge in [-0.3, -0.25) is 0 Å². The van der Waals surface area contributed by atoms with Crippen LogP contribution in [0.15, 0.2) is 17.0 Å². The van der Waals surface area contributed by atoms with E-state index in [4.69, 9.17) is 38.6 Å². The average molecular weight is 276 g/mol. The molecule has 0 atom stereocenters. The topological polar surface area (TPSA) is 43.4 Å². The van der Waals surface area contributed by atoms with Crippen molar-refractivity contribution in [2.24, 2.45) is 0 Å². The molecular formula is C7H5Cl3O3S. The molecule has 0 amide bonds. The van der Waals surface area contributed by atoms with Crippen molar-refractivity contribution in [1.29, 1.82) is 0 Å². The third kappa shape index (κ3) is 2.45. The van der Waals surface area contributed by atoms with Crippen LogP contribution in [-0.2, 0) is 9.05 Å². The second-order valence-electron chi connectivity index (χ2n) is 2.36. The molecule has 0 aromatic heterocycles. The molecule has 0 aliphatic rings. The molecule has 1 rings (SSSR count). The summed E-state index contributed by atoms with van der Waals surface area (Å²) in [5.41, 5.74) is 0. The van der Waals surface area contributed by atoms with E-state index in [1.54, 1.807) is 0 Å². The molecule has 0 radical (unpaired) electrons. The summed E-state index contributed by atoms with van der Waals surface area (Å²) in [6, 6.07) is 2.43. The predicted molar refractivity (Wildman–Crippen MR) is 56.1 cm³/mol. The number of ether oxygens (including phenoxy) is 1. The van der Waals surface area contributed by atoms with Crippen molar-refractivity contribution in [3.63, 3.8) is 0 Å². The van der Waals surface area contributed by atoms with Crippen LogP contribution in [0, 0.1) is 0 Å². The zero-order chi connectivity index (χ0) is 10.9. The van der Waals surface area contributed by atoms with E-state index in [1.807, 2.05) is 0 Å². The molecular weight excluding hydrogens is 270 g/mol. The summed E-state index contributed by atoms with van der Waals surface area (Å²) in [7, 11) is 2.61. The van der Waals surface area contributed by atoms with Gasteiger partial charge in [-0.25, -0.2) is 8.42 Å². The standard InChI is InChI=1S/C7H5Cl3O3S/c1-13-6-3-7(14(10,11)12)5(9)2-4(6)8/h2-3H,1H3. The van der Waals surface area contributed by atoms with Crippen molar-refractivity contribution in [1.82, 2.24) is 0 Å². The van der Waals surface area contributed by atoms with E-state index in [-0.39, 0.29) is 20.7 Å². The fraction of sp³-hybridized carbons (Fsp3) is 0.143. The first-order valence-electron chi connectivity index (χ1n) is 3.34. The van der Waals surface area contributed by atoms with Gasteiger partial charge in [-0.1, -0.05) is 23.2 Å². The molecule has 78 valence electrons. The van der Waals surface area contributed by atoms with Crippen molar-refractivity contribution in [3.8, 4) is 5.75 Å². The summed E-state index contributed by atoms with van der Waals surface area (Å²) in [6.07, 6.45) is 0. The molecule has 0 aliphatic carbocycles. The van der Waals surface area contributed by atoms with E-state index >= 15 is 0 Å². The summed E-state index contributed by atoms with van der Waals surface area (Å²) < 4.78 is 26.9. The largest absolute Gasteiger partial charge is 0.495 e. The number of methoxy groups -OCH3 is 1. The van der Waals surface area contributed by atoms with Gasteiger partial charge in [-0.05, 0) is 6.07 Å². The lowest BCUT2D eigenvalue weighted by Gasteiger charge is -2.06. The molecule has 0 spiro atoms. The molecule has 0 fully saturated rings. The second-order valence-corrected chi connectivity index (χ2v) is 5.70. The van der Waals surface area contributed by atoms with Crippen molar-refractivity contribution >= 4 is 42.9 Å². The lowest BCUT2D eigenvalue weighted by atomic mass is 10.3. The van der Waals surface area contributed by atoms with Crippen LogP contribution < -0.4 is 4.74 Å². The second kappa shape index (κ2) is 4.14. The normalized spacial score (nSPS) is 11.4. The number of rotatable bonds is 2. The quantitative estimate of drug-likeness (QED) is 0.780. The van der Waals surface area contributed by atoms with Gasteiger partial charge in [0, 0.05) is 16.7 Å². The molecule has 7 heteroatoms. The van der Waals surface area contributed by atoms with Crippen molar-refractivity contribution in [3.05, 3.63) is 22.2 Å². The Bertz CT molecular complexity index is 455. The molecule has 0 aliphatic heterocycles. The lowest BCUT2D eigenvalue weighted by Crippen LogP contribution is -1.94. The molecule has 0 saturated heterocycles. The Hall–Kier alpha value is -0.160. The monoisotopic (exact) mass is 274 g/mol. The Morgan fingerprint density at radius 2 is 1.79 bits per heavy atom. The highest BCUT2D eigenvalue weighted by Crippen LogP contribution is 2.34. The molecule has 0 N–H and O–H groups in total. The van der Waals surface area contributed by atoms with Crippen LogP contribution in [0.5, 0.6) is 5.75 Å². The predicted octanol–water partition coefficient (Wildman–Crippen LogP) is 2.93. The molecule has 1 aromatic rings. The number of hydrogen-bond acceptors (Lipinski definition) is 3. The number of benzene rings is 1. The van der Waals surface area contributed by atoms with E-state index in [1.165, 1.54) is 19.2 Å². The maximum absolute atomic E-state index is 11.0. The Balaban J connectivity index is 3.47. The molecule has 0 heterocycles. The van der Waals surface area contributed by atoms with Gasteiger partial charge in [0.15, 0.2) is 0 Å². The van der Waals surface area contributed by atoms with Crippen molar-refractivity contribution in [2.75, 3.05) is 7.11 Å². The van der Waals surface area contributed by atoms with E-state index < -0.39 is 9.05 Å². The third-order valence-electron chi connectivity index (χ3n) is 1.47. The summed E-state index contributed by atoms with van der Waals surface area (Å²) in [5, 5.41) is 0.187. The smallest absolute Gasteiger partial charge is 0.262 e. The van der Waals surface area contributed by atoms with Gasteiger partial charge in [-0.15, -0.1) is 0 Å². The zero-order valence-corrected chi connectivity index (χ0v) is 10.0. The summed E-state index contributed by atoms with van der Waals surface area (Å²) in [4.78, 5) is -0.220. The highest BCUT2D eigenvalue weighted by Gasteiger charge is 2.17.